The van der Waals surface area contributed by atoms with E-state index in [9.17, 15) is 4.79 Å². The third-order valence-corrected chi connectivity index (χ3v) is 2.61. The maximum atomic E-state index is 10.6. The lowest BCUT2D eigenvalue weighted by Gasteiger charge is -1.93. The highest BCUT2D eigenvalue weighted by atomic mass is 32.1. The second-order valence-corrected chi connectivity index (χ2v) is 3.76. The van der Waals surface area contributed by atoms with Crippen molar-refractivity contribution in [1.82, 2.24) is 15.2 Å². The zero-order chi connectivity index (χ0) is 10.8. The topological polar surface area (TPSA) is 76.0 Å². The van der Waals surface area contributed by atoms with Crippen molar-refractivity contribution in [2.45, 2.75) is 6.92 Å². The molecule has 2 heterocycles. The Morgan fingerprint density at radius 3 is 2.73 bits per heavy atom. The number of aromatic nitrogens is 3. The molecule has 2 rings (SSSR count). The summed E-state index contributed by atoms with van der Waals surface area (Å²) in [6.07, 6.45) is 0. The number of hydrogen-bond acceptors (Lipinski definition) is 5. The minimum atomic E-state index is -1.03. The maximum absolute atomic E-state index is 10.6. The van der Waals surface area contributed by atoms with Gasteiger partial charge in [-0.3, -0.25) is 0 Å². The van der Waals surface area contributed by atoms with E-state index >= 15 is 0 Å². The summed E-state index contributed by atoms with van der Waals surface area (Å²) in [7, 11) is 0. The van der Waals surface area contributed by atoms with Gasteiger partial charge in [-0.1, -0.05) is 0 Å². The zero-order valence-corrected chi connectivity index (χ0v) is 8.65. The molecule has 2 aromatic heterocycles. The molecule has 0 bridgehead atoms. The van der Waals surface area contributed by atoms with Gasteiger partial charge in [-0.2, -0.15) is 5.10 Å². The highest BCUT2D eigenvalue weighted by molar-refractivity contribution is 7.13. The van der Waals surface area contributed by atoms with E-state index in [1.165, 1.54) is 16.7 Å². The molecule has 6 heteroatoms. The van der Waals surface area contributed by atoms with Crippen LogP contribution in [0.1, 0.15) is 16.2 Å². The first-order chi connectivity index (χ1) is 7.16. The van der Waals surface area contributed by atoms with Crippen molar-refractivity contribution >= 4 is 17.3 Å². The number of thiazole rings is 1. The number of rotatable bonds is 2. The molecule has 0 atom stereocenters. The summed E-state index contributed by atoms with van der Waals surface area (Å²) < 4.78 is 0. The van der Waals surface area contributed by atoms with Crippen LogP contribution in [-0.4, -0.2) is 26.3 Å². The van der Waals surface area contributed by atoms with E-state index in [4.69, 9.17) is 5.11 Å². The van der Waals surface area contributed by atoms with Crippen LogP contribution in [0.15, 0.2) is 17.5 Å². The van der Waals surface area contributed by atoms with E-state index in [-0.39, 0.29) is 5.69 Å². The largest absolute Gasteiger partial charge is 0.476 e. The molecule has 0 aliphatic carbocycles. The van der Waals surface area contributed by atoms with Crippen LogP contribution in [0.5, 0.6) is 0 Å². The van der Waals surface area contributed by atoms with E-state index in [2.05, 4.69) is 15.2 Å². The molecular weight excluding hydrogens is 214 g/mol. The molecule has 2 aromatic rings. The molecule has 0 aromatic carbocycles. The summed E-state index contributed by atoms with van der Waals surface area (Å²) in [4.78, 5) is 14.5. The maximum Gasteiger partial charge on any atom is 0.355 e. The smallest absolute Gasteiger partial charge is 0.355 e. The van der Waals surface area contributed by atoms with Crippen molar-refractivity contribution in [2.75, 3.05) is 0 Å². The minimum absolute atomic E-state index is 0.0392. The van der Waals surface area contributed by atoms with E-state index in [0.29, 0.717) is 10.7 Å². The molecule has 1 N–H and O–H groups in total. The fraction of sp³-hybridized carbons (Fsp3) is 0.111. The van der Waals surface area contributed by atoms with Crippen molar-refractivity contribution in [3.05, 3.63) is 28.9 Å². The lowest BCUT2D eigenvalue weighted by Crippen LogP contribution is -1.96. The van der Waals surface area contributed by atoms with Gasteiger partial charge >= 0.3 is 5.97 Å². The van der Waals surface area contributed by atoms with Crippen molar-refractivity contribution in [3.8, 4) is 10.7 Å². The number of aromatic carboxylic acids is 1. The Hall–Kier alpha value is -1.82. The standard InChI is InChI=1S/C9H7N3O2S/c1-5-2-3-6(12-11-5)8-10-7(4-15-8)9(13)14/h2-4H,1H3,(H,13,14). The molecule has 0 radical (unpaired) electrons. The Bertz CT molecular complexity index is 492. The second kappa shape index (κ2) is 3.74. The first kappa shape index (κ1) is 9.72. The van der Waals surface area contributed by atoms with Crippen molar-refractivity contribution < 1.29 is 9.90 Å². The summed E-state index contributed by atoms with van der Waals surface area (Å²) >= 11 is 1.24. The Morgan fingerprint density at radius 2 is 2.20 bits per heavy atom. The average molecular weight is 221 g/mol. The van der Waals surface area contributed by atoms with Crippen LogP contribution >= 0.6 is 11.3 Å². The van der Waals surface area contributed by atoms with Gasteiger partial charge in [0, 0.05) is 5.38 Å². The third-order valence-electron chi connectivity index (χ3n) is 1.74. The monoisotopic (exact) mass is 221 g/mol. The Labute approximate surface area is 89.4 Å². The van der Waals surface area contributed by atoms with Gasteiger partial charge in [0.15, 0.2) is 5.69 Å². The van der Waals surface area contributed by atoms with Crippen LogP contribution in [0.4, 0.5) is 0 Å². The van der Waals surface area contributed by atoms with Crippen molar-refractivity contribution in [3.63, 3.8) is 0 Å². The number of hydrogen-bond donors (Lipinski definition) is 1. The van der Waals surface area contributed by atoms with Crippen LogP contribution in [0.3, 0.4) is 0 Å². The SMILES string of the molecule is Cc1ccc(-c2nc(C(=O)O)cs2)nn1. The number of carboxylic acids is 1. The Morgan fingerprint density at radius 1 is 1.40 bits per heavy atom. The molecule has 0 spiro atoms. The highest BCUT2D eigenvalue weighted by Gasteiger charge is 2.10. The summed E-state index contributed by atoms with van der Waals surface area (Å²) in [5.41, 5.74) is 1.45. The van der Waals surface area contributed by atoms with Crippen molar-refractivity contribution in [2.24, 2.45) is 0 Å². The fourth-order valence-electron chi connectivity index (χ4n) is 1.00. The molecule has 0 saturated carbocycles. The summed E-state index contributed by atoms with van der Waals surface area (Å²) in [5, 5.41) is 18.6. The van der Waals surface area contributed by atoms with Crippen LogP contribution < -0.4 is 0 Å². The predicted molar refractivity (Wildman–Crippen MR) is 54.8 cm³/mol. The number of carbonyl (C=O) groups is 1. The lowest BCUT2D eigenvalue weighted by atomic mass is 10.3. The van der Waals surface area contributed by atoms with Gasteiger partial charge in [-0.25, -0.2) is 9.78 Å². The Kier molecular flexibility index (Phi) is 2.42. The van der Waals surface area contributed by atoms with Gasteiger partial charge in [0.1, 0.15) is 10.7 Å². The number of aryl methyl sites for hydroxylation is 1. The Balaban J connectivity index is 2.37. The quantitative estimate of drug-likeness (QED) is 0.833. The van der Waals surface area contributed by atoms with Crippen LogP contribution in [0.25, 0.3) is 10.7 Å². The van der Waals surface area contributed by atoms with Gasteiger partial charge in [-0.15, -0.1) is 16.4 Å². The molecular formula is C9H7N3O2S. The summed E-state index contributed by atoms with van der Waals surface area (Å²) in [6.45, 7) is 1.83. The molecule has 5 nitrogen and oxygen atoms in total. The third kappa shape index (κ3) is 1.99. The lowest BCUT2D eigenvalue weighted by molar-refractivity contribution is 0.0691. The minimum Gasteiger partial charge on any atom is -0.476 e. The highest BCUT2D eigenvalue weighted by Crippen LogP contribution is 2.20. The number of carboxylic acid groups (broad SMARTS) is 1. The van der Waals surface area contributed by atoms with E-state index < -0.39 is 5.97 Å². The molecule has 76 valence electrons. The molecule has 0 unspecified atom stereocenters. The summed E-state index contributed by atoms with van der Waals surface area (Å²) in [6, 6.07) is 3.58. The number of nitrogens with zero attached hydrogens (tertiary/aromatic N) is 3. The van der Waals surface area contributed by atoms with E-state index in [0.717, 1.165) is 5.69 Å². The van der Waals surface area contributed by atoms with Crippen LogP contribution in [-0.2, 0) is 0 Å². The molecule has 0 fully saturated rings. The normalized spacial score (nSPS) is 10.2. The molecule has 0 amide bonds. The summed E-state index contributed by atoms with van der Waals surface area (Å²) in [5.74, 6) is -1.03. The first-order valence-corrected chi connectivity index (χ1v) is 5.04. The van der Waals surface area contributed by atoms with Crippen LogP contribution in [0, 0.1) is 6.92 Å². The van der Waals surface area contributed by atoms with Gasteiger partial charge < -0.3 is 5.11 Å². The molecule has 0 aliphatic heterocycles. The van der Waals surface area contributed by atoms with Gasteiger partial charge in [0.25, 0.3) is 0 Å². The van der Waals surface area contributed by atoms with E-state index in [1.807, 2.05) is 13.0 Å². The zero-order valence-electron chi connectivity index (χ0n) is 7.84. The molecule has 15 heavy (non-hydrogen) atoms. The fourth-order valence-corrected chi connectivity index (χ4v) is 1.76. The van der Waals surface area contributed by atoms with Gasteiger partial charge in [0.05, 0.1) is 5.69 Å². The van der Waals surface area contributed by atoms with E-state index in [1.54, 1.807) is 6.07 Å². The van der Waals surface area contributed by atoms with Crippen LogP contribution in [0.2, 0.25) is 0 Å². The molecule has 0 saturated heterocycles. The van der Waals surface area contributed by atoms with Crippen molar-refractivity contribution in [1.29, 1.82) is 0 Å². The first-order valence-electron chi connectivity index (χ1n) is 4.16. The molecule has 0 aliphatic rings. The average Bonchev–Trinajstić information content (AvgIpc) is 2.68. The second-order valence-electron chi connectivity index (χ2n) is 2.90. The van der Waals surface area contributed by atoms with Gasteiger partial charge in [-0.05, 0) is 19.1 Å². The predicted octanol–water partition coefficient (Wildman–Crippen LogP) is 1.61. The van der Waals surface area contributed by atoms with Gasteiger partial charge in [0.2, 0.25) is 0 Å².